The summed E-state index contributed by atoms with van der Waals surface area (Å²) in [5.74, 6) is 0. The third-order valence-electron chi connectivity index (χ3n) is 2.45. The molecule has 0 amide bonds. The molecule has 2 heterocycles. The summed E-state index contributed by atoms with van der Waals surface area (Å²) in [6.45, 7) is 3.14. The van der Waals surface area contributed by atoms with Gasteiger partial charge in [0, 0.05) is 18.6 Å². The van der Waals surface area contributed by atoms with Crippen molar-refractivity contribution in [3.8, 4) is 0 Å². The van der Waals surface area contributed by atoms with E-state index in [0.717, 1.165) is 23.7 Å². The average Bonchev–Trinajstić information content (AvgIpc) is 2.91. The molecular formula is C11H16N4S. The summed E-state index contributed by atoms with van der Waals surface area (Å²) in [6.07, 6.45) is 6.68. The van der Waals surface area contributed by atoms with E-state index in [-0.39, 0.29) is 6.04 Å². The molecule has 86 valence electrons. The highest BCUT2D eigenvalue weighted by Gasteiger charge is 2.18. The maximum atomic E-state index is 4.38. The largest absolute Gasteiger partial charge is 0.336 e. The maximum Gasteiger partial charge on any atom is 0.116 e. The molecule has 0 saturated carbocycles. The molecule has 2 aromatic rings. The SMILES string of the molecule is CCCNC(c1nccs1)c1cncn1C. The molecule has 2 aromatic heterocycles. The van der Waals surface area contributed by atoms with Crippen LogP contribution in [0, 0.1) is 0 Å². The zero-order chi connectivity index (χ0) is 11.4. The number of aryl methyl sites for hydroxylation is 1. The van der Waals surface area contributed by atoms with E-state index in [2.05, 4.69) is 22.2 Å². The van der Waals surface area contributed by atoms with Crippen LogP contribution in [-0.4, -0.2) is 21.1 Å². The van der Waals surface area contributed by atoms with Crippen molar-refractivity contribution in [1.82, 2.24) is 19.9 Å². The van der Waals surface area contributed by atoms with Gasteiger partial charge in [0.05, 0.1) is 18.2 Å². The van der Waals surface area contributed by atoms with Gasteiger partial charge in [0.1, 0.15) is 11.0 Å². The minimum atomic E-state index is 0.160. The lowest BCUT2D eigenvalue weighted by molar-refractivity contribution is 0.567. The van der Waals surface area contributed by atoms with Crippen LogP contribution < -0.4 is 5.32 Å². The Kier molecular flexibility index (Phi) is 3.69. The lowest BCUT2D eigenvalue weighted by Crippen LogP contribution is -2.24. The second-order valence-electron chi connectivity index (χ2n) is 3.69. The number of nitrogens with zero attached hydrogens (tertiary/aromatic N) is 3. The van der Waals surface area contributed by atoms with Crippen molar-refractivity contribution in [1.29, 1.82) is 0 Å². The highest BCUT2D eigenvalue weighted by atomic mass is 32.1. The molecule has 0 saturated heterocycles. The van der Waals surface area contributed by atoms with Crippen LogP contribution in [0.4, 0.5) is 0 Å². The van der Waals surface area contributed by atoms with E-state index >= 15 is 0 Å². The first kappa shape index (κ1) is 11.3. The average molecular weight is 236 g/mol. The van der Waals surface area contributed by atoms with E-state index in [0.29, 0.717) is 0 Å². The number of thiazole rings is 1. The van der Waals surface area contributed by atoms with Gasteiger partial charge < -0.3 is 9.88 Å². The van der Waals surface area contributed by atoms with E-state index in [1.54, 1.807) is 11.3 Å². The smallest absolute Gasteiger partial charge is 0.116 e. The van der Waals surface area contributed by atoms with Gasteiger partial charge in [-0.3, -0.25) is 0 Å². The first-order valence-corrected chi connectivity index (χ1v) is 6.30. The summed E-state index contributed by atoms with van der Waals surface area (Å²) < 4.78 is 2.04. The van der Waals surface area contributed by atoms with Gasteiger partial charge in [-0.25, -0.2) is 9.97 Å². The standard InChI is InChI=1S/C11H16N4S/c1-3-4-13-10(11-14-5-6-16-11)9-7-12-8-15(9)2/h5-8,10,13H,3-4H2,1-2H3. The molecule has 4 nitrogen and oxygen atoms in total. The van der Waals surface area contributed by atoms with Gasteiger partial charge in [-0.1, -0.05) is 6.92 Å². The molecule has 0 fully saturated rings. The van der Waals surface area contributed by atoms with E-state index in [1.807, 2.05) is 35.7 Å². The molecule has 0 radical (unpaired) electrons. The topological polar surface area (TPSA) is 42.7 Å². The Hall–Kier alpha value is -1.20. The molecule has 0 bridgehead atoms. The molecule has 5 heteroatoms. The van der Waals surface area contributed by atoms with Crippen molar-refractivity contribution < 1.29 is 0 Å². The molecule has 1 atom stereocenters. The zero-order valence-corrected chi connectivity index (χ0v) is 10.4. The second kappa shape index (κ2) is 5.23. The van der Waals surface area contributed by atoms with Gasteiger partial charge >= 0.3 is 0 Å². The normalized spacial score (nSPS) is 12.9. The predicted octanol–water partition coefficient (Wildman–Crippen LogP) is 1.97. The van der Waals surface area contributed by atoms with Crippen molar-refractivity contribution in [3.05, 3.63) is 34.8 Å². The van der Waals surface area contributed by atoms with Crippen LogP contribution in [0.2, 0.25) is 0 Å². The highest BCUT2D eigenvalue weighted by Crippen LogP contribution is 2.22. The Morgan fingerprint density at radius 1 is 1.56 bits per heavy atom. The summed E-state index contributed by atoms with van der Waals surface area (Å²) in [5, 5.41) is 6.60. The highest BCUT2D eigenvalue weighted by molar-refractivity contribution is 7.09. The number of hydrogen-bond donors (Lipinski definition) is 1. The fourth-order valence-corrected chi connectivity index (χ4v) is 2.35. The molecule has 16 heavy (non-hydrogen) atoms. The predicted molar refractivity (Wildman–Crippen MR) is 65.5 cm³/mol. The first-order valence-electron chi connectivity index (χ1n) is 5.42. The third-order valence-corrected chi connectivity index (χ3v) is 3.29. The summed E-state index contributed by atoms with van der Waals surface area (Å²) in [7, 11) is 2.01. The molecule has 0 aliphatic carbocycles. The molecular weight excluding hydrogens is 220 g/mol. The monoisotopic (exact) mass is 236 g/mol. The Balaban J connectivity index is 2.25. The van der Waals surface area contributed by atoms with Crippen LogP contribution in [0.1, 0.15) is 30.1 Å². The Bertz CT molecular complexity index is 421. The first-order chi connectivity index (χ1) is 7.83. The number of rotatable bonds is 5. The zero-order valence-electron chi connectivity index (χ0n) is 9.55. The van der Waals surface area contributed by atoms with Gasteiger partial charge in [-0.15, -0.1) is 11.3 Å². The van der Waals surface area contributed by atoms with Gasteiger partial charge in [0.2, 0.25) is 0 Å². The Labute approximate surface area is 99.4 Å². The summed E-state index contributed by atoms with van der Waals surface area (Å²) in [4.78, 5) is 8.54. The quantitative estimate of drug-likeness (QED) is 0.863. The van der Waals surface area contributed by atoms with Crippen LogP contribution in [0.25, 0.3) is 0 Å². The Morgan fingerprint density at radius 2 is 2.44 bits per heavy atom. The Morgan fingerprint density at radius 3 is 3.00 bits per heavy atom. The van der Waals surface area contributed by atoms with Crippen LogP contribution in [0.5, 0.6) is 0 Å². The van der Waals surface area contributed by atoms with Crippen LogP contribution >= 0.6 is 11.3 Å². The fraction of sp³-hybridized carbons (Fsp3) is 0.455. The van der Waals surface area contributed by atoms with Crippen molar-refractivity contribution >= 4 is 11.3 Å². The molecule has 0 spiro atoms. The van der Waals surface area contributed by atoms with Gasteiger partial charge in [-0.2, -0.15) is 0 Å². The summed E-state index contributed by atoms with van der Waals surface area (Å²) in [6, 6.07) is 0.160. The minimum Gasteiger partial charge on any atom is -0.336 e. The van der Waals surface area contributed by atoms with Gasteiger partial charge in [-0.05, 0) is 13.0 Å². The molecule has 0 aliphatic heterocycles. The van der Waals surface area contributed by atoms with E-state index in [4.69, 9.17) is 0 Å². The summed E-state index contributed by atoms with van der Waals surface area (Å²) in [5.41, 5.74) is 1.16. The lowest BCUT2D eigenvalue weighted by atomic mass is 10.2. The van der Waals surface area contributed by atoms with Crippen molar-refractivity contribution in [2.24, 2.45) is 7.05 Å². The molecule has 2 rings (SSSR count). The number of aromatic nitrogens is 3. The number of imidazole rings is 1. The molecule has 1 unspecified atom stereocenters. The molecule has 1 N–H and O–H groups in total. The number of hydrogen-bond acceptors (Lipinski definition) is 4. The van der Waals surface area contributed by atoms with Crippen molar-refractivity contribution in [2.75, 3.05) is 6.54 Å². The lowest BCUT2D eigenvalue weighted by Gasteiger charge is -2.16. The van der Waals surface area contributed by atoms with E-state index < -0.39 is 0 Å². The van der Waals surface area contributed by atoms with E-state index in [1.165, 1.54) is 0 Å². The van der Waals surface area contributed by atoms with Gasteiger partial charge in [0.25, 0.3) is 0 Å². The second-order valence-corrected chi connectivity index (χ2v) is 4.61. The maximum absolute atomic E-state index is 4.38. The fourth-order valence-electron chi connectivity index (χ4n) is 1.63. The third kappa shape index (κ3) is 2.31. The van der Waals surface area contributed by atoms with E-state index in [9.17, 15) is 0 Å². The van der Waals surface area contributed by atoms with Gasteiger partial charge in [0.15, 0.2) is 0 Å². The van der Waals surface area contributed by atoms with Crippen LogP contribution in [0.3, 0.4) is 0 Å². The van der Waals surface area contributed by atoms with Crippen molar-refractivity contribution in [3.63, 3.8) is 0 Å². The summed E-state index contributed by atoms with van der Waals surface area (Å²) >= 11 is 1.67. The number of nitrogens with one attached hydrogen (secondary N) is 1. The van der Waals surface area contributed by atoms with Crippen LogP contribution in [-0.2, 0) is 7.05 Å². The van der Waals surface area contributed by atoms with Crippen LogP contribution in [0.15, 0.2) is 24.1 Å². The molecule has 0 aliphatic rings. The minimum absolute atomic E-state index is 0.160. The molecule has 0 aromatic carbocycles. The van der Waals surface area contributed by atoms with Crippen molar-refractivity contribution in [2.45, 2.75) is 19.4 Å².